The monoisotopic (exact) mass is 252 g/mol. The summed E-state index contributed by atoms with van der Waals surface area (Å²) in [7, 11) is 0. The number of likely N-dealkylation sites (tertiary alicyclic amines) is 1. The summed E-state index contributed by atoms with van der Waals surface area (Å²) < 4.78 is 0. The fourth-order valence-electron chi connectivity index (χ4n) is 2.02. The minimum atomic E-state index is -1.16. The van der Waals surface area contributed by atoms with Crippen LogP contribution in [-0.2, 0) is 4.79 Å². The van der Waals surface area contributed by atoms with E-state index in [9.17, 15) is 19.5 Å². The Balaban J connectivity index is 2.28. The van der Waals surface area contributed by atoms with Crippen LogP contribution in [0.15, 0.2) is 23.1 Å². The van der Waals surface area contributed by atoms with E-state index in [0.29, 0.717) is 0 Å². The zero-order valence-electron chi connectivity index (χ0n) is 9.37. The molecule has 7 nitrogen and oxygen atoms in total. The number of carbonyl (C=O) groups excluding carboxylic acids is 1. The summed E-state index contributed by atoms with van der Waals surface area (Å²) in [5, 5.41) is 18.4. The summed E-state index contributed by atoms with van der Waals surface area (Å²) >= 11 is 0. The Kier molecular flexibility index (Phi) is 3.15. The van der Waals surface area contributed by atoms with E-state index >= 15 is 0 Å². The summed E-state index contributed by atoms with van der Waals surface area (Å²) in [6.45, 7) is -0.0391. The summed E-state index contributed by atoms with van der Waals surface area (Å²) in [6, 6.07) is 1.45. The number of β-amino-alcohol motifs (C(OH)–C–C–N with tert-alkyl or cyclic N) is 1. The highest BCUT2D eigenvalue weighted by Gasteiger charge is 2.39. The Morgan fingerprint density at radius 1 is 1.44 bits per heavy atom. The number of aliphatic hydroxyl groups excluding tert-OH is 1. The number of aliphatic carboxylic acids is 1. The van der Waals surface area contributed by atoms with Crippen LogP contribution < -0.4 is 5.56 Å². The summed E-state index contributed by atoms with van der Waals surface area (Å²) in [5.74, 6) is -1.73. The van der Waals surface area contributed by atoms with Gasteiger partial charge in [0, 0.05) is 30.8 Å². The van der Waals surface area contributed by atoms with Gasteiger partial charge in [-0.25, -0.2) is 4.79 Å². The van der Waals surface area contributed by atoms with E-state index in [1.54, 1.807) is 0 Å². The van der Waals surface area contributed by atoms with E-state index in [-0.39, 0.29) is 18.5 Å². The van der Waals surface area contributed by atoms with Crippen molar-refractivity contribution in [2.24, 2.45) is 0 Å². The molecule has 0 spiro atoms. The van der Waals surface area contributed by atoms with Gasteiger partial charge < -0.3 is 20.1 Å². The second-order valence-corrected chi connectivity index (χ2v) is 4.14. The predicted molar refractivity (Wildman–Crippen MR) is 60.1 cm³/mol. The van der Waals surface area contributed by atoms with E-state index in [1.165, 1.54) is 12.3 Å². The molecule has 2 heterocycles. The molecule has 1 amide bonds. The van der Waals surface area contributed by atoms with Gasteiger partial charge in [-0.1, -0.05) is 0 Å². The number of amides is 1. The van der Waals surface area contributed by atoms with Gasteiger partial charge in [0.05, 0.1) is 6.10 Å². The van der Waals surface area contributed by atoms with Crippen LogP contribution in [0.2, 0.25) is 0 Å². The fraction of sp³-hybridized carbons (Fsp3) is 0.364. The average molecular weight is 252 g/mol. The standard InChI is InChI=1S/C11H12N2O5/c14-7-4-8(11(17)18)13(5-7)10(16)6-1-2-12-9(15)3-6/h1-3,7-8,14H,4-5H2,(H,12,15)(H,17,18)/t7-,8-/m0/s1. The third-order valence-electron chi connectivity index (χ3n) is 2.85. The molecule has 0 saturated carbocycles. The van der Waals surface area contributed by atoms with E-state index in [2.05, 4.69) is 4.98 Å². The van der Waals surface area contributed by atoms with E-state index < -0.39 is 29.6 Å². The largest absolute Gasteiger partial charge is 0.480 e. The van der Waals surface area contributed by atoms with Crippen molar-refractivity contribution in [3.63, 3.8) is 0 Å². The third-order valence-corrected chi connectivity index (χ3v) is 2.85. The van der Waals surface area contributed by atoms with Gasteiger partial charge in [0.25, 0.3) is 5.91 Å². The molecule has 1 aliphatic heterocycles. The average Bonchev–Trinajstić information content (AvgIpc) is 2.70. The number of aromatic amines is 1. The molecule has 0 aliphatic carbocycles. The number of nitrogens with one attached hydrogen (secondary N) is 1. The number of aromatic nitrogens is 1. The first-order valence-electron chi connectivity index (χ1n) is 5.39. The van der Waals surface area contributed by atoms with E-state index in [4.69, 9.17) is 5.11 Å². The van der Waals surface area contributed by atoms with Crippen LogP contribution in [0.1, 0.15) is 16.8 Å². The van der Waals surface area contributed by atoms with Crippen molar-refractivity contribution in [3.8, 4) is 0 Å². The Morgan fingerprint density at radius 3 is 2.78 bits per heavy atom. The molecule has 1 aromatic rings. The Morgan fingerprint density at radius 2 is 2.17 bits per heavy atom. The van der Waals surface area contributed by atoms with Crippen molar-refractivity contribution in [2.45, 2.75) is 18.6 Å². The molecule has 0 radical (unpaired) electrons. The molecule has 0 unspecified atom stereocenters. The predicted octanol–water partition coefficient (Wildman–Crippen LogP) is -0.965. The first-order valence-corrected chi connectivity index (χ1v) is 5.39. The van der Waals surface area contributed by atoms with Crippen molar-refractivity contribution in [1.82, 2.24) is 9.88 Å². The van der Waals surface area contributed by atoms with Gasteiger partial charge in [0.1, 0.15) is 6.04 Å². The lowest BCUT2D eigenvalue weighted by atomic mass is 10.2. The van der Waals surface area contributed by atoms with Gasteiger partial charge in [0.2, 0.25) is 5.56 Å². The van der Waals surface area contributed by atoms with Gasteiger partial charge in [-0.2, -0.15) is 0 Å². The van der Waals surface area contributed by atoms with E-state index in [1.807, 2.05) is 0 Å². The molecule has 1 aliphatic rings. The lowest BCUT2D eigenvalue weighted by Gasteiger charge is -2.20. The van der Waals surface area contributed by atoms with Crippen LogP contribution in [0.25, 0.3) is 0 Å². The number of aliphatic hydroxyl groups is 1. The molecule has 18 heavy (non-hydrogen) atoms. The molecule has 3 N–H and O–H groups in total. The second kappa shape index (κ2) is 4.61. The first kappa shape index (κ1) is 12.3. The number of carbonyl (C=O) groups is 2. The molecule has 1 saturated heterocycles. The molecule has 1 aromatic heterocycles. The molecule has 1 fully saturated rings. The Bertz CT molecular complexity index is 538. The molecule has 96 valence electrons. The van der Waals surface area contributed by atoms with Gasteiger partial charge >= 0.3 is 5.97 Å². The van der Waals surface area contributed by atoms with Crippen molar-refractivity contribution in [2.75, 3.05) is 6.54 Å². The summed E-state index contributed by atoms with van der Waals surface area (Å²) in [4.78, 5) is 37.6. The number of hydrogen-bond acceptors (Lipinski definition) is 4. The number of hydrogen-bond donors (Lipinski definition) is 3. The van der Waals surface area contributed by atoms with E-state index in [0.717, 1.165) is 11.0 Å². The maximum Gasteiger partial charge on any atom is 0.326 e. The van der Waals surface area contributed by atoms with Crippen molar-refractivity contribution in [1.29, 1.82) is 0 Å². The lowest BCUT2D eigenvalue weighted by Crippen LogP contribution is -2.40. The zero-order chi connectivity index (χ0) is 13.3. The highest BCUT2D eigenvalue weighted by Crippen LogP contribution is 2.20. The molecular formula is C11H12N2O5. The quantitative estimate of drug-likeness (QED) is 0.627. The molecular weight excluding hydrogens is 240 g/mol. The van der Waals surface area contributed by atoms with Gasteiger partial charge in [-0.15, -0.1) is 0 Å². The molecule has 7 heteroatoms. The fourth-order valence-corrected chi connectivity index (χ4v) is 2.02. The minimum absolute atomic E-state index is 0.00423. The van der Waals surface area contributed by atoms with Crippen molar-refractivity contribution in [3.05, 3.63) is 34.2 Å². The van der Waals surface area contributed by atoms with Crippen LogP contribution in [0.3, 0.4) is 0 Å². The summed E-state index contributed by atoms with van der Waals surface area (Å²) in [6.07, 6.45) is 0.472. The molecule has 2 rings (SSSR count). The smallest absolute Gasteiger partial charge is 0.326 e. The van der Waals surface area contributed by atoms with Crippen LogP contribution >= 0.6 is 0 Å². The van der Waals surface area contributed by atoms with Crippen LogP contribution in [-0.4, -0.2) is 50.7 Å². The van der Waals surface area contributed by atoms with Gasteiger partial charge in [-0.05, 0) is 6.07 Å². The van der Waals surface area contributed by atoms with Gasteiger partial charge in [-0.3, -0.25) is 9.59 Å². The van der Waals surface area contributed by atoms with Crippen LogP contribution in [0.5, 0.6) is 0 Å². The third kappa shape index (κ3) is 2.25. The first-order chi connectivity index (χ1) is 8.49. The molecule has 0 bridgehead atoms. The second-order valence-electron chi connectivity index (χ2n) is 4.14. The Hall–Kier alpha value is -2.15. The topological polar surface area (TPSA) is 111 Å². The number of rotatable bonds is 2. The van der Waals surface area contributed by atoms with Crippen molar-refractivity contribution < 1.29 is 19.8 Å². The number of H-pyrrole nitrogens is 1. The molecule has 0 aromatic carbocycles. The number of carboxylic acids is 1. The van der Waals surface area contributed by atoms with Crippen LogP contribution in [0, 0.1) is 0 Å². The molecule has 2 atom stereocenters. The van der Waals surface area contributed by atoms with Crippen molar-refractivity contribution >= 4 is 11.9 Å². The maximum atomic E-state index is 12.1. The highest BCUT2D eigenvalue weighted by atomic mass is 16.4. The lowest BCUT2D eigenvalue weighted by molar-refractivity contribution is -0.141. The summed E-state index contributed by atoms with van der Waals surface area (Å²) in [5.41, 5.74) is -0.327. The highest BCUT2D eigenvalue weighted by molar-refractivity contribution is 5.96. The normalized spacial score (nSPS) is 23.1. The number of pyridine rings is 1. The minimum Gasteiger partial charge on any atom is -0.480 e. The number of carboxylic acid groups (broad SMARTS) is 1. The Labute approximate surface area is 102 Å². The zero-order valence-corrected chi connectivity index (χ0v) is 9.37. The maximum absolute atomic E-state index is 12.1. The SMILES string of the molecule is O=C(O)[C@@H]1C[C@H](O)CN1C(=O)c1cc[nH]c(=O)c1. The van der Waals surface area contributed by atoms with Crippen LogP contribution in [0.4, 0.5) is 0 Å². The number of nitrogens with zero attached hydrogens (tertiary/aromatic N) is 1. The van der Waals surface area contributed by atoms with Gasteiger partial charge in [0.15, 0.2) is 0 Å².